The molecule has 1 aliphatic rings. The molecule has 0 fully saturated rings. The van der Waals surface area contributed by atoms with Gasteiger partial charge in [-0.2, -0.15) is 0 Å². The molecule has 1 heterocycles. The van der Waals surface area contributed by atoms with Crippen LogP contribution in [0.1, 0.15) is 27.0 Å². The van der Waals surface area contributed by atoms with E-state index in [-0.39, 0.29) is 5.78 Å². The molecule has 19 heavy (non-hydrogen) atoms. The van der Waals surface area contributed by atoms with Gasteiger partial charge in [0.1, 0.15) is 0 Å². The molecular formula is C15H12BrNO2. The molecule has 0 amide bonds. The Hall–Kier alpha value is -1.65. The van der Waals surface area contributed by atoms with E-state index in [1.807, 2.05) is 18.2 Å². The van der Waals surface area contributed by atoms with Gasteiger partial charge in [-0.25, -0.2) is 0 Å². The van der Waals surface area contributed by atoms with Crippen molar-refractivity contribution in [3.63, 3.8) is 0 Å². The standard InChI is InChI=1S/C15H12BrNO2/c16-13-6-10(3-4-14(13)17)15(18)9-1-2-11-7-19-8-12(11)5-9/h1-6H,7-8,17H2. The fourth-order valence-electron chi connectivity index (χ4n) is 2.15. The molecule has 0 aromatic heterocycles. The fourth-order valence-corrected chi connectivity index (χ4v) is 2.53. The summed E-state index contributed by atoms with van der Waals surface area (Å²) in [6.07, 6.45) is 0. The van der Waals surface area contributed by atoms with Crippen LogP contribution >= 0.6 is 15.9 Å². The largest absolute Gasteiger partial charge is 0.398 e. The maximum Gasteiger partial charge on any atom is 0.193 e. The number of anilines is 1. The molecule has 2 aromatic rings. The molecule has 96 valence electrons. The second-order valence-electron chi connectivity index (χ2n) is 4.54. The molecule has 0 unspecified atom stereocenters. The van der Waals surface area contributed by atoms with Crippen molar-refractivity contribution in [2.75, 3.05) is 5.73 Å². The summed E-state index contributed by atoms with van der Waals surface area (Å²) in [5.74, 6) is -0.00426. The Morgan fingerprint density at radius 1 is 1.05 bits per heavy atom. The molecule has 4 heteroatoms. The van der Waals surface area contributed by atoms with Gasteiger partial charge in [0, 0.05) is 21.3 Å². The lowest BCUT2D eigenvalue weighted by Crippen LogP contribution is -2.03. The van der Waals surface area contributed by atoms with E-state index >= 15 is 0 Å². The van der Waals surface area contributed by atoms with Gasteiger partial charge in [-0.1, -0.05) is 12.1 Å². The first-order valence-corrected chi connectivity index (χ1v) is 6.74. The number of nitrogens with two attached hydrogens (primary N) is 1. The molecule has 0 aliphatic carbocycles. The molecule has 3 nitrogen and oxygen atoms in total. The number of rotatable bonds is 2. The van der Waals surface area contributed by atoms with Gasteiger partial charge >= 0.3 is 0 Å². The number of ether oxygens (including phenoxy) is 1. The van der Waals surface area contributed by atoms with E-state index in [0.29, 0.717) is 30.0 Å². The van der Waals surface area contributed by atoms with E-state index in [9.17, 15) is 4.79 Å². The molecule has 1 aliphatic heterocycles. The highest BCUT2D eigenvalue weighted by Crippen LogP contribution is 2.25. The molecular weight excluding hydrogens is 306 g/mol. The smallest absolute Gasteiger partial charge is 0.193 e. The van der Waals surface area contributed by atoms with Crippen LogP contribution in [0.15, 0.2) is 40.9 Å². The maximum absolute atomic E-state index is 12.4. The first-order valence-electron chi connectivity index (χ1n) is 5.94. The van der Waals surface area contributed by atoms with Crippen molar-refractivity contribution in [3.05, 3.63) is 63.1 Å². The van der Waals surface area contributed by atoms with Crippen LogP contribution in [0.3, 0.4) is 0 Å². The Kier molecular flexibility index (Phi) is 3.12. The third kappa shape index (κ3) is 2.29. The number of ketones is 1. The normalized spacial score (nSPS) is 13.3. The Morgan fingerprint density at radius 3 is 2.53 bits per heavy atom. The molecule has 0 saturated carbocycles. The van der Waals surface area contributed by atoms with Crippen molar-refractivity contribution in [1.82, 2.24) is 0 Å². The summed E-state index contributed by atoms with van der Waals surface area (Å²) in [5, 5.41) is 0. The van der Waals surface area contributed by atoms with E-state index in [0.717, 1.165) is 15.6 Å². The van der Waals surface area contributed by atoms with Crippen LogP contribution in [0.5, 0.6) is 0 Å². The van der Waals surface area contributed by atoms with Gasteiger partial charge in [-0.05, 0) is 51.3 Å². The maximum atomic E-state index is 12.4. The van der Waals surface area contributed by atoms with Crippen LogP contribution in [0.2, 0.25) is 0 Å². The average molecular weight is 318 g/mol. The second kappa shape index (κ2) is 4.79. The lowest BCUT2D eigenvalue weighted by Gasteiger charge is -2.05. The van der Waals surface area contributed by atoms with Gasteiger partial charge < -0.3 is 10.5 Å². The minimum atomic E-state index is -0.00426. The number of nitrogen functional groups attached to an aromatic ring is 1. The Balaban J connectivity index is 1.97. The first kappa shape index (κ1) is 12.4. The topological polar surface area (TPSA) is 52.3 Å². The predicted octanol–water partition coefficient (Wildman–Crippen LogP) is 3.29. The quantitative estimate of drug-likeness (QED) is 0.683. The highest BCUT2D eigenvalue weighted by Gasteiger charge is 2.15. The third-order valence-electron chi connectivity index (χ3n) is 3.25. The Labute approximate surface area is 119 Å². The van der Waals surface area contributed by atoms with Gasteiger partial charge in [-0.15, -0.1) is 0 Å². The van der Waals surface area contributed by atoms with Crippen molar-refractivity contribution in [2.24, 2.45) is 0 Å². The average Bonchev–Trinajstić information content (AvgIpc) is 2.88. The van der Waals surface area contributed by atoms with E-state index in [4.69, 9.17) is 10.5 Å². The zero-order valence-electron chi connectivity index (χ0n) is 10.2. The Bertz CT molecular complexity index is 667. The zero-order valence-corrected chi connectivity index (χ0v) is 11.7. The van der Waals surface area contributed by atoms with Crippen molar-refractivity contribution in [1.29, 1.82) is 0 Å². The molecule has 0 bridgehead atoms. The van der Waals surface area contributed by atoms with E-state index in [2.05, 4.69) is 15.9 Å². The number of hydrogen-bond donors (Lipinski definition) is 1. The molecule has 0 radical (unpaired) electrons. The molecule has 0 saturated heterocycles. The van der Waals surface area contributed by atoms with Gasteiger partial charge in [0.25, 0.3) is 0 Å². The summed E-state index contributed by atoms with van der Waals surface area (Å²) >= 11 is 3.34. The fraction of sp³-hybridized carbons (Fsp3) is 0.133. The summed E-state index contributed by atoms with van der Waals surface area (Å²) < 4.78 is 6.09. The summed E-state index contributed by atoms with van der Waals surface area (Å²) in [4.78, 5) is 12.4. The van der Waals surface area contributed by atoms with Crippen LogP contribution in [0, 0.1) is 0 Å². The number of benzene rings is 2. The molecule has 0 spiro atoms. The van der Waals surface area contributed by atoms with Gasteiger partial charge in [-0.3, -0.25) is 4.79 Å². The molecule has 2 N–H and O–H groups in total. The van der Waals surface area contributed by atoms with E-state index in [1.165, 1.54) is 0 Å². The predicted molar refractivity (Wildman–Crippen MR) is 76.9 cm³/mol. The van der Waals surface area contributed by atoms with Gasteiger partial charge in [0.2, 0.25) is 0 Å². The van der Waals surface area contributed by atoms with Crippen molar-refractivity contribution in [2.45, 2.75) is 13.2 Å². The summed E-state index contributed by atoms with van der Waals surface area (Å²) in [5.41, 5.74) is 9.92. The lowest BCUT2D eigenvalue weighted by atomic mass is 9.99. The highest BCUT2D eigenvalue weighted by molar-refractivity contribution is 9.10. The third-order valence-corrected chi connectivity index (χ3v) is 3.93. The van der Waals surface area contributed by atoms with E-state index < -0.39 is 0 Å². The van der Waals surface area contributed by atoms with Crippen LogP contribution in [0.4, 0.5) is 5.69 Å². The summed E-state index contributed by atoms with van der Waals surface area (Å²) in [6, 6.07) is 10.9. The first-order chi connectivity index (χ1) is 9.15. The Morgan fingerprint density at radius 2 is 1.74 bits per heavy atom. The number of fused-ring (bicyclic) bond motifs is 1. The summed E-state index contributed by atoms with van der Waals surface area (Å²) in [6.45, 7) is 1.22. The lowest BCUT2D eigenvalue weighted by molar-refractivity contribution is 0.103. The van der Waals surface area contributed by atoms with Gasteiger partial charge in [0.15, 0.2) is 5.78 Å². The molecule has 3 rings (SSSR count). The van der Waals surface area contributed by atoms with Gasteiger partial charge in [0.05, 0.1) is 13.2 Å². The number of halogens is 1. The van der Waals surface area contributed by atoms with E-state index in [1.54, 1.807) is 18.2 Å². The van der Waals surface area contributed by atoms with Crippen LogP contribution < -0.4 is 5.73 Å². The van der Waals surface area contributed by atoms with Crippen LogP contribution in [-0.2, 0) is 18.0 Å². The van der Waals surface area contributed by atoms with Crippen molar-refractivity contribution >= 4 is 27.4 Å². The SMILES string of the molecule is Nc1ccc(C(=O)c2ccc3c(c2)COC3)cc1Br. The minimum Gasteiger partial charge on any atom is -0.398 e. The number of carbonyl (C=O) groups is 1. The van der Waals surface area contributed by atoms with Crippen LogP contribution in [0.25, 0.3) is 0 Å². The number of carbonyl (C=O) groups excluding carboxylic acids is 1. The zero-order chi connectivity index (χ0) is 13.4. The molecule has 2 aromatic carbocycles. The van der Waals surface area contributed by atoms with Crippen LogP contribution in [-0.4, -0.2) is 5.78 Å². The van der Waals surface area contributed by atoms with Crippen molar-refractivity contribution in [3.8, 4) is 0 Å². The number of hydrogen-bond acceptors (Lipinski definition) is 3. The summed E-state index contributed by atoms with van der Waals surface area (Å²) in [7, 11) is 0. The highest BCUT2D eigenvalue weighted by atomic mass is 79.9. The monoisotopic (exact) mass is 317 g/mol. The van der Waals surface area contributed by atoms with Crippen molar-refractivity contribution < 1.29 is 9.53 Å². The second-order valence-corrected chi connectivity index (χ2v) is 5.40. The molecule has 0 atom stereocenters. The minimum absolute atomic E-state index is 0.00426.